The summed E-state index contributed by atoms with van der Waals surface area (Å²) in [6.07, 6.45) is 0. The van der Waals surface area contributed by atoms with Crippen molar-refractivity contribution < 1.29 is 5.11 Å². The molecule has 2 N–H and O–H groups in total. The van der Waals surface area contributed by atoms with Gasteiger partial charge in [-0.2, -0.15) is 0 Å². The van der Waals surface area contributed by atoms with E-state index in [4.69, 9.17) is 0 Å². The maximum absolute atomic E-state index is 9.85. The van der Waals surface area contributed by atoms with Crippen molar-refractivity contribution in [2.24, 2.45) is 5.41 Å². The molecule has 1 fully saturated rings. The van der Waals surface area contributed by atoms with E-state index in [9.17, 15) is 5.11 Å². The fourth-order valence-electron chi connectivity index (χ4n) is 3.35. The van der Waals surface area contributed by atoms with Crippen LogP contribution in [-0.4, -0.2) is 42.8 Å². The van der Waals surface area contributed by atoms with Crippen molar-refractivity contribution in [1.82, 2.24) is 10.2 Å². The summed E-state index contributed by atoms with van der Waals surface area (Å²) < 4.78 is 0. The Morgan fingerprint density at radius 3 is 2.20 bits per heavy atom. The summed E-state index contributed by atoms with van der Waals surface area (Å²) in [5, 5.41) is 13.3. The average molecular weight is 276 g/mol. The van der Waals surface area contributed by atoms with E-state index in [0.717, 1.165) is 26.2 Å². The van der Waals surface area contributed by atoms with E-state index in [-0.39, 0.29) is 18.1 Å². The molecule has 0 radical (unpaired) electrons. The Bertz CT molecular complexity index is 430. The van der Waals surface area contributed by atoms with Crippen molar-refractivity contribution in [2.75, 3.05) is 32.8 Å². The number of aliphatic hydroxyl groups excluding tert-OH is 1. The molecule has 1 aromatic carbocycles. The van der Waals surface area contributed by atoms with Gasteiger partial charge in [0.15, 0.2) is 0 Å². The van der Waals surface area contributed by atoms with Gasteiger partial charge in [-0.25, -0.2) is 0 Å². The van der Waals surface area contributed by atoms with Gasteiger partial charge in [-0.05, 0) is 19.4 Å². The molecule has 3 nitrogen and oxygen atoms in total. The molecule has 0 aliphatic carbocycles. The molecule has 0 spiro atoms. The van der Waals surface area contributed by atoms with Gasteiger partial charge in [0.25, 0.3) is 0 Å². The lowest BCUT2D eigenvalue weighted by molar-refractivity contribution is 0.0305. The second kappa shape index (κ2) is 6.25. The molecule has 0 saturated carbocycles. The molecule has 0 aromatic heterocycles. The summed E-state index contributed by atoms with van der Waals surface area (Å²) in [6.45, 7) is 13.0. The van der Waals surface area contributed by atoms with Crippen molar-refractivity contribution in [3.05, 3.63) is 34.9 Å². The fourth-order valence-corrected chi connectivity index (χ4v) is 3.35. The van der Waals surface area contributed by atoms with E-state index in [0.29, 0.717) is 0 Å². The number of aliphatic hydroxyl groups is 1. The van der Waals surface area contributed by atoms with Crippen LogP contribution in [0.2, 0.25) is 0 Å². The maximum atomic E-state index is 9.85. The molecule has 1 aromatic rings. The highest BCUT2D eigenvalue weighted by Crippen LogP contribution is 2.38. The molecule has 112 valence electrons. The minimum Gasteiger partial charge on any atom is -0.396 e. The average Bonchev–Trinajstić information content (AvgIpc) is 2.39. The van der Waals surface area contributed by atoms with Crippen LogP contribution in [0.4, 0.5) is 0 Å². The molecule has 1 saturated heterocycles. The van der Waals surface area contributed by atoms with Gasteiger partial charge in [-0.15, -0.1) is 0 Å². The Balaban J connectivity index is 2.39. The molecule has 3 heteroatoms. The van der Waals surface area contributed by atoms with Crippen LogP contribution >= 0.6 is 0 Å². The van der Waals surface area contributed by atoms with Crippen LogP contribution in [0.1, 0.15) is 36.6 Å². The topological polar surface area (TPSA) is 35.5 Å². The van der Waals surface area contributed by atoms with Crippen molar-refractivity contribution >= 4 is 0 Å². The Hall–Kier alpha value is -0.900. The van der Waals surface area contributed by atoms with Gasteiger partial charge in [0.1, 0.15) is 0 Å². The number of aryl methyl sites for hydroxylation is 2. The summed E-state index contributed by atoms with van der Waals surface area (Å²) in [5.74, 6) is 0. The normalized spacial score (nSPS) is 19.1. The molecule has 1 aliphatic heterocycles. The van der Waals surface area contributed by atoms with Crippen molar-refractivity contribution in [2.45, 2.75) is 33.7 Å². The number of piperazine rings is 1. The van der Waals surface area contributed by atoms with E-state index in [1.165, 1.54) is 16.7 Å². The van der Waals surface area contributed by atoms with E-state index in [2.05, 4.69) is 56.1 Å². The number of nitrogens with zero attached hydrogens (tertiary/aromatic N) is 1. The summed E-state index contributed by atoms with van der Waals surface area (Å²) in [6, 6.07) is 7.03. The predicted octanol–water partition coefficient (Wildman–Crippen LogP) is 2.27. The second-order valence-electron chi connectivity index (χ2n) is 6.76. The molecular weight excluding hydrogens is 248 g/mol. The van der Waals surface area contributed by atoms with Gasteiger partial charge in [0.2, 0.25) is 0 Å². The monoisotopic (exact) mass is 276 g/mol. The maximum Gasteiger partial charge on any atom is 0.0500 e. The van der Waals surface area contributed by atoms with Crippen LogP contribution < -0.4 is 5.32 Å². The standard InChI is InChI=1S/C17H28N2O/c1-13-9-14(2)11-15(10-13)16(17(3,4)12-20)19-7-5-18-6-8-19/h9-11,16,18,20H,5-8,12H2,1-4H3/t16-/m1/s1. The highest BCUT2D eigenvalue weighted by Gasteiger charge is 2.35. The molecule has 0 bridgehead atoms. The Kier molecular flexibility index (Phi) is 4.84. The number of hydrogen-bond acceptors (Lipinski definition) is 3. The van der Waals surface area contributed by atoms with Crippen LogP contribution in [0, 0.1) is 19.3 Å². The minimum absolute atomic E-state index is 0.141. The van der Waals surface area contributed by atoms with Gasteiger partial charge in [-0.1, -0.05) is 43.2 Å². The first-order valence-electron chi connectivity index (χ1n) is 7.58. The van der Waals surface area contributed by atoms with Crippen molar-refractivity contribution in [1.29, 1.82) is 0 Å². The summed E-state index contributed by atoms with van der Waals surface area (Å²) in [4.78, 5) is 2.51. The largest absolute Gasteiger partial charge is 0.396 e. The lowest BCUT2D eigenvalue weighted by Crippen LogP contribution is -2.49. The summed E-state index contributed by atoms with van der Waals surface area (Å²) >= 11 is 0. The molecule has 20 heavy (non-hydrogen) atoms. The first-order chi connectivity index (χ1) is 9.44. The van der Waals surface area contributed by atoms with Gasteiger partial charge >= 0.3 is 0 Å². The molecular formula is C17H28N2O. The third kappa shape index (κ3) is 3.40. The smallest absolute Gasteiger partial charge is 0.0500 e. The highest BCUT2D eigenvalue weighted by atomic mass is 16.3. The fraction of sp³-hybridized carbons (Fsp3) is 0.647. The van der Waals surface area contributed by atoms with Crippen LogP contribution in [0.25, 0.3) is 0 Å². The van der Waals surface area contributed by atoms with Gasteiger partial charge in [-0.3, -0.25) is 4.90 Å². The molecule has 1 aliphatic rings. The summed E-state index contributed by atoms with van der Waals surface area (Å²) in [7, 11) is 0. The number of hydrogen-bond donors (Lipinski definition) is 2. The third-order valence-corrected chi connectivity index (χ3v) is 4.22. The van der Waals surface area contributed by atoms with E-state index >= 15 is 0 Å². The molecule has 0 amide bonds. The number of rotatable bonds is 4. The quantitative estimate of drug-likeness (QED) is 0.885. The number of benzene rings is 1. The predicted molar refractivity (Wildman–Crippen MR) is 84.0 cm³/mol. The van der Waals surface area contributed by atoms with Crippen LogP contribution in [0.15, 0.2) is 18.2 Å². The zero-order valence-electron chi connectivity index (χ0n) is 13.2. The van der Waals surface area contributed by atoms with E-state index in [1.807, 2.05) is 0 Å². The van der Waals surface area contributed by atoms with Gasteiger partial charge in [0.05, 0.1) is 0 Å². The SMILES string of the molecule is Cc1cc(C)cc([C@@H](N2CCNCC2)C(C)(C)CO)c1. The molecule has 2 rings (SSSR count). The van der Waals surface area contributed by atoms with Crippen LogP contribution in [0.3, 0.4) is 0 Å². The zero-order valence-corrected chi connectivity index (χ0v) is 13.2. The third-order valence-electron chi connectivity index (χ3n) is 4.22. The Morgan fingerprint density at radius 1 is 1.15 bits per heavy atom. The van der Waals surface area contributed by atoms with Crippen LogP contribution in [-0.2, 0) is 0 Å². The van der Waals surface area contributed by atoms with Crippen molar-refractivity contribution in [3.63, 3.8) is 0 Å². The van der Waals surface area contributed by atoms with E-state index in [1.54, 1.807) is 0 Å². The van der Waals surface area contributed by atoms with E-state index < -0.39 is 0 Å². The van der Waals surface area contributed by atoms with Gasteiger partial charge < -0.3 is 10.4 Å². The lowest BCUT2D eigenvalue weighted by atomic mass is 9.79. The first kappa shape index (κ1) is 15.5. The van der Waals surface area contributed by atoms with Gasteiger partial charge in [0, 0.05) is 44.2 Å². The Labute approximate surface area is 123 Å². The number of nitrogens with one attached hydrogen (secondary N) is 1. The minimum atomic E-state index is -0.141. The summed E-state index contributed by atoms with van der Waals surface area (Å²) in [5.41, 5.74) is 3.79. The zero-order chi connectivity index (χ0) is 14.8. The van der Waals surface area contributed by atoms with Crippen LogP contribution in [0.5, 0.6) is 0 Å². The second-order valence-corrected chi connectivity index (χ2v) is 6.76. The molecule has 1 atom stereocenters. The Morgan fingerprint density at radius 2 is 1.70 bits per heavy atom. The first-order valence-corrected chi connectivity index (χ1v) is 7.58. The van der Waals surface area contributed by atoms with Crippen molar-refractivity contribution in [3.8, 4) is 0 Å². The molecule has 1 heterocycles. The molecule has 0 unspecified atom stereocenters. The highest BCUT2D eigenvalue weighted by molar-refractivity contribution is 5.32. The lowest BCUT2D eigenvalue weighted by Gasteiger charge is -2.43.